The van der Waals surface area contributed by atoms with Gasteiger partial charge in [0, 0.05) is 24.4 Å². The van der Waals surface area contributed by atoms with Crippen LogP contribution in [0, 0.1) is 0 Å². The summed E-state index contributed by atoms with van der Waals surface area (Å²) in [5, 5.41) is 4.14. The van der Waals surface area contributed by atoms with Crippen molar-refractivity contribution in [2.75, 3.05) is 17.7 Å². The second kappa shape index (κ2) is 9.74. The third-order valence-electron chi connectivity index (χ3n) is 4.72. The molecule has 2 heterocycles. The smallest absolute Gasteiger partial charge is 0.308 e. The SMILES string of the molecule is CCN(C(=O)CC(SC)c1ccc(C(F)(F)F)cc1)c1cn(-c2cccnc2)nc1Cl. The largest absolute Gasteiger partial charge is 0.416 e. The summed E-state index contributed by atoms with van der Waals surface area (Å²) in [5.41, 5.74) is 1.10. The Hall–Kier alpha value is -2.52. The van der Waals surface area contributed by atoms with E-state index >= 15 is 0 Å². The quantitative estimate of drug-likeness (QED) is 0.440. The summed E-state index contributed by atoms with van der Waals surface area (Å²) < 4.78 is 40.0. The van der Waals surface area contributed by atoms with E-state index in [0.717, 1.165) is 12.1 Å². The van der Waals surface area contributed by atoms with E-state index in [4.69, 9.17) is 11.6 Å². The molecule has 0 aliphatic heterocycles. The highest BCUT2D eigenvalue weighted by atomic mass is 35.5. The fraction of sp³-hybridized carbons (Fsp3) is 0.286. The van der Waals surface area contributed by atoms with Crippen molar-refractivity contribution >= 4 is 35.0 Å². The van der Waals surface area contributed by atoms with Gasteiger partial charge < -0.3 is 4.90 Å². The molecule has 164 valence electrons. The molecule has 0 saturated carbocycles. The highest BCUT2D eigenvalue weighted by Gasteiger charge is 2.30. The van der Waals surface area contributed by atoms with Gasteiger partial charge >= 0.3 is 6.18 Å². The molecule has 0 saturated heterocycles. The number of carbonyl (C=O) groups excluding carboxylic acids is 1. The lowest BCUT2D eigenvalue weighted by Gasteiger charge is -2.23. The minimum atomic E-state index is -4.40. The summed E-state index contributed by atoms with van der Waals surface area (Å²) in [5.74, 6) is -0.200. The van der Waals surface area contributed by atoms with E-state index in [1.807, 2.05) is 19.2 Å². The molecule has 0 N–H and O–H groups in total. The molecule has 1 atom stereocenters. The van der Waals surface area contributed by atoms with Gasteiger partial charge in [-0.15, -0.1) is 0 Å². The number of hydrogen-bond acceptors (Lipinski definition) is 4. The first-order valence-corrected chi connectivity index (χ1v) is 11.1. The molecular formula is C21H20ClF3N4OS. The summed E-state index contributed by atoms with van der Waals surface area (Å²) in [4.78, 5) is 18.6. The summed E-state index contributed by atoms with van der Waals surface area (Å²) in [6.07, 6.45) is 2.45. The Bertz CT molecular complexity index is 1030. The Balaban J connectivity index is 1.79. The zero-order valence-electron chi connectivity index (χ0n) is 16.8. The molecule has 1 unspecified atom stereocenters. The number of rotatable bonds is 7. The molecule has 3 aromatic rings. The van der Waals surface area contributed by atoms with Gasteiger partial charge in [-0.25, -0.2) is 4.68 Å². The fourth-order valence-electron chi connectivity index (χ4n) is 3.12. The molecule has 0 bridgehead atoms. The van der Waals surface area contributed by atoms with Gasteiger partial charge in [0.15, 0.2) is 5.15 Å². The molecule has 10 heteroatoms. The van der Waals surface area contributed by atoms with Gasteiger partial charge in [-0.1, -0.05) is 23.7 Å². The number of aromatic nitrogens is 3. The first-order valence-electron chi connectivity index (χ1n) is 9.40. The topological polar surface area (TPSA) is 51.0 Å². The molecule has 1 aromatic carbocycles. The Labute approximate surface area is 187 Å². The van der Waals surface area contributed by atoms with Crippen molar-refractivity contribution in [3.05, 3.63) is 71.3 Å². The van der Waals surface area contributed by atoms with Crippen LogP contribution in [0.4, 0.5) is 18.9 Å². The van der Waals surface area contributed by atoms with Crippen molar-refractivity contribution in [3.63, 3.8) is 0 Å². The van der Waals surface area contributed by atoms with E-state index in [1.54, 1.807) is 29.3 Å². The molecular weight excluding hydrogens is 449 g/mol. The van der Waals surface area contributed by atoms with Crippen LogP contribution >= 0.6 is 23.4 Å². The predicted molar refractivity (Wildman–Crippen MR) is 117 cm³/mol. The zero-order chi connectivity index (χ0) is 22.6. The fourth-order valence-corrected chi connectivity index (χ4v) is 4.09. The van der Waals surface area contributed by atoms with Gasteiger partial charge in [0.25, 0.3) is 0 Å². The minimum Gasteiger partial charge on any atom is -0.308 e. The molecule has 0 aliphatic carbocycles. The molecule has 0 spiro atoms. The van der Waals surface area contributed by atoms with Crippen molar-refractivity contribution in [3.8, 4) is 5.69 Å². The van der Waals surface area contributed by atoms with Crippen LogP contribution in [0.1, 0.15) is 29.7 Å². The van der Waals surface area contributed by atoms with Gasteiger partial charge in [-0.2, -0.15) is 30.0 Å². The van der Waals surface area contributed by atoms with Crippen LogP contribution in [0.15, 0.2) is 55.0 Å². The Morgan fingerprint density at radius 3 is 2.52 bits per heavy atom. The normalized spacial score (nSPS) is 12.6. The van der Waals surface area contributed by atoms with Gasteiger partial charge in [0.2, 0.25) is 5.91 Å². The lowest BCUT2D eigenvalue weighted by atomic mass is 10.1. The predicted octanol–water partition coefficient (Wildman–Crippen LogP) is 5.79. The third kappa shape index (κ3) is 5.40. The molecule has 0 aliphatic rings. The first kappa shape index (κ1) is 23.1. The molecule has 2 aromatic heterocycles. The summed E-state index contributed by atoms with van der Waals surface area (Å²) >= 11 is 7.71. The summed E-state index contributed by atoms with van der Waals surface area (Å²) in [6, 6.07) is 8.49. The number of hydrogen-bond donors (Lipinski definition) is 0. The van der Waals surface area contributed by atoms with E-state index in [2.05, 4.69) is 10.1 Å². The second-order valence-corrected chi connectivity index (χ2v) is 8.05. The van der Waals surface area contributed by atoms with Crippen molar-refractivity contribution in [2.45, 2.75) is 24.8 Å². The lowest BCUT2D eigenvalue weighted by Crippen LogP contribution is -2.31. The number of halogens is 4. The van der Waals surface area contributed by atoms with Crippen LogP contribution < -0.4 is 4.90 Å². The van der Waals surface area contributed by atoms with Crippen LogP contribution in [0.3, 0.4) is 0 Å². The number of anilines is 1. The van der Waals surface area contributed by atoms with Gasteiger partial charge in [0.05, 0.1) is 23.6 Å². The zero-order valence-corrected chi connectivity index (χ0v) is 18.4. The van der Waals surface area contributed by atoms with E-state index in [-0.39, 0.29) is 22.7 Å². The number of amides is 1. The summed E-state index contributed by atoms with van der Waals surface area (Å²) in [7, 11) is 0. The molecule has 5 nitrogen and oxygen atoms in total. The van der Waals surface area contributed by atoms with Gasteiger partial charge in [-0.05, 0) is 43.0 Å². The Kier molecular flexibility index (Phi) is 7.27. The number of pyridine rings is 1. The maximum absolute atomic E-state index is 13.1. The molecule has 3 rings (SSSR count). The highest BCUT2D eigenvalue weighted by Crippen LogP contribution is 2.35. The van der Waals surface area contributed by atoms with Crippen molar-refractivity contribution in [1.82, 2.24) is 14.8 Å². The van der Waals surface area contributed by atoms with E-state index < -0.39 is 11.7 Å². The Morgan fingerprint density at radius 2 is 1.97 bits per heavy atom. The first-order chi connectivity index (χ1) is 14.7. The minimum absolute atomic E-state index is 0.106. The maximum Gasteiger partial charge on any atom is 0.416 e. The van der Waals surface area contributed by atoms with E-state index in [1.165, 1.54) is 28.8 Å². The van der Waals surface area contributed by atoms with Gasteiger partial charge in [0.1, 0.15) is 5.69 Å². The highest BCUT2D eigenvalue weighted by molar-refractivity contribution is 7.98. The molecule has 0 fully saturated rings. The van der Waals surface area contributed by atoms with Crippen LogP contribution in [-0.4, -0.2) is 33.5 Å². The number of thioether (sulfide) groups is 1. The second-order valence-electron chi connectivity index (χ2n) is 6.65. The van der Waals surface area contributed by atoms with Crippen LogP contribution in [-0.2, 0) is 11.0 Å². The van der Waals surface area contributed by atoms with Gasteiger partial charge in [-0.3, -0.25) is 9.78 Å². The van der Waals surface area contributed by atoms with E-state index in [9.17, 15) is 18.0 Å². The number of carbonyl (C=O) groups is 1. The lowest BCUT2D eigenvalue weighted by molar-refractivity contribution is -0.137. The monoisotopic (exact) mass is 468 g/mol. The molecule has 31 heavy (non-hydrogen) atoms. The number of nitrogens with zero attached hydrogens (tertiary/aromatic N) is 4. The maximum atomic E-state index is 13.1. The van der Waals surface area contributed by atoms with Crippen LogP contribution in [0.2, 0.25) is 5.15 Å². The summed E-state index contributed by atoms with van der Waals surface area (Å²) in [6.45, 7) is 2.19. The van der Waals surface area contributed by atoms with Crippen molar-refractivity contribution in [2.24, 2.45) is 0 Å². The van der Waals surface area contributed by atoms with Crippen LogP contribution in [0.25, 0.3) is 5.69 Å². The van der Waals surface area contributed by atoms with Crippen LogP contribution in [0.5, 0.6) is 0 Å². The standard InChI is InChI=1S/C21H20ClF3N4OS/c1-3-28(17-13-29(27-20(17)22)16-5-4-10-26-12-16)19(30)11-18(31-2)14-6-8-15(9-7-14)21(23,24)25/h4-10,12-13,18H,3,11H2,1-2H3. The third-order valence-corrected chi connectivity index (χ3v) is 6.00. The average Bonchev–Trinajstić information content (AvgIpc) is 3.14. The van der Waals surface area contributed by atoms with Crippen molar-refractivity contribution < 1.29 is 18.0 Å². The van der Waals surface area contributed by atoms with Crippen molar-refractivity contribution in [1.29, 1.82) is 0 Å². The number of alkyl halides is 3. The number of benzene rings is 1. The average molecular weight is 469 g/mol. The molecule has 1 amide bonds. The van der Waals surface area contributed by atoms with E-state index in [0.29, 0.717) is 23.5 Å². The Morgan fingerprint density at radius 1 is 1.26 bits per heavy atom. The molecule has 0 radical (unpaired) electrons.